The van der Waals surface area contributed by atoms with E-state index in [1.165, 1.54) is 0 Å². The molecule has 0 spiro atoms. The van der Waals surface area contributed by atoms with Crippen molar-refractivity contribution < 1.29 is 38.8 Å². The molecule has 0 rings (SSSR count). The molecule has 0 heterocycles. The first-order valence-corrected chi connectivity index (χ1v) is 0. The van der Waals surface area contributed by atoms with Gasteiger partial charge in [0.1, 0.15) is 0 Å². The maximum absolute atomic E-state index is 0. The summed E-state index contributed by atoms with van der Waals surface area (Å²) in [7, 11) is 0. The Morgan fingerprint density at radius 1 is 1.00 bits per heavy atom. The van der Waals surface area contributed by atoms with Crippen molar-refractivity contribution in [3.05, 3.63) is 7.43 Å². The summed E-state index contributed by atoms with van der Waals surface area (Å²) in [6.07, 6.45) is 0. The molecule has 0 nitrogen and oxygen atoms in total. The van der Waals surface area contributed by atoms with E-state index in [9.17, 15) is 0 Å². The average molecular weight is 129 g/mol. The van der Waals surface area contributed by atoms with Crippen molar-refractivity contribution in [3.8, 4) is 0 Å². The molecular weight excluding hydrogens is 126 g/mol. The topological polar surface area (TPSA) is 0 Å². The van der Waals surface area contributed by atoms with Gasteiger partial charge in [0.2, 0.25) is 0 Å². The largest absolute Gasteiger partial charge is 0.358 e. The molecule has 4 heavy (non-hydrogen) atoms. The molecule has 0 saturated carbocycles. The Morgan fingerprint density at radius 2 is 1.00 bits per heavy atom. The molecule has 0 aromatic rings. The molecule has 0 bridgehead atoms. The molecule has 0 aromatic heterocycles. The van der Waals surface area contributed by atoms with E-state index in [0.717, 1.165) is 0 Å². The second-order valence-electron chi connectivity index (χ2n) is 0. The quantitative estimate of drug-likeness (QED) is 0.320. The van der Waals surface area contributed by atoms with Crippen molar-refractivity contribution in [2.75, 3.05) is 0 Å². The van der Waals surface area contributed by atoms with Crippen LogP contribution in [0.4, 0.5) is 0 Å². The van der Waals surface area contributed by atoms with Crippen LogP contribution in [-0.2, 0) is 38.8 Å². The van der Waals surface area contributed by atoms with Gasteiger partial charge in [-0.05, 0) is 0 Å². The van der Waals surface area contributed by atoms with Gasteiger partial charge in [-0.3, -0.25) is 0 Å². The standard InChI is InChI=1S/CH3.B.Mn.Ti/h1H3;;;/q-1;;;. The zero-order chi connectivity index (χ0) is 0. The van der Waals surface area contributed by atoms with E-state index in [4.69, 9.17) is 0 Å². The fraction of sp³-hybridized carbons (Fsp3) is 0. The van der Waals surface area contributed by atoms with Gasteiger partial charge in [-0.25, -0.2) is 0 Å². The summed E-state index contributed by atoms with van der Waals surface area (Å²) in [6.45, 7) is 0. The fourth-order valence-corrected chi connectivity index (χ4v) is 0. The van der Waals surface area contributed by atoms with E-state index in [1.54, 1.807) is 0 Å². The van der Waals surface area contributed by atoms with Crippen LogP contribution in [0.25, 0.3) is 0 Å². The first kappa shape index (κ1) is 58.1. The minimum absolute atomic E-state index is 0. The van der Waals surface area contributed by atoms with Crippen molar-refractivity contribution in [3.63, 3.8) is 0 Å². The molecule has 0 aromatic carbocycles. The van der Waals surface area contributed by atoms with Gasteiger partial charge in [-0.1, -0.05) is 0 Å². The van der Waals surface area contributed by atoms with Crippen LogP contribution in [0, 0.1) is 7.43 Å². The van der Waals surface area contributed by atoms with Gasteiger partial charge in [-0.2, -0.15) is 0 Å². The van der Waals surface area contributed by atoms with Crippen LogP contribution < -0.4 is 0 Å². The van der Waals surface area contributed by atoms with Gasteiger partial charge in [0.25, 0.3) is 0 Å². The first-order valence-electron chi connectivity index (χ1n) is 0. The van der Waals surface area contributed by atoms with Crippen LogP contribution in [0.15, 0.2) is 0 Å². The van der Waals surface area contributed by atoms with Crippen LogP contribution in [-0.4, -0.2) is 8.41 Å². The zero-order valence-electron chi connectivity index (χ0n) is 2.46. The van der Waals surface area contributed by atoms with Gasteiger partial charge in [0.15, 0.2) is 0 Å². The predicted octanol–water partition coefficient (Wildman–Crippen LogP) is 0.0645. The van der Waals surface area contributed by atoms with Gasteiger partial charge in [0.05, 0.1) is 0 Å². The second kappa shape index (κ2) is 27.7. The van der Waals surface area contributed by atoms with Crippen molar-refractivity contribution in [2.45, 2.75) is 0 Å². The third kappa shape index (κ3) is 10.3. The van der Waals surface area contributed by atoms with Crippen LogP contribution in [0.2, 0.25) is 0 Å². The monoisotopic (exact) mass is 129 g/mol. The number of hydrogen-bond donors (Lipinski definition) is 0. The van der Waals surface area contributed by atoms with Gasteiger partial charge >= 0.3 is 0 Å². The van der Waals surface area contributed by atoms with Gasteiger partial charge < -0.3 is 7.43 Å². The molecule has 0 unspecified atom stereocenters. The maximum atomic E-state index is 0. The van der Waals surface area contributed by atoms with Crippen LogP contribution in [0.1, 0.15) is 0 Å². The fourth-order valence-electron chi connectivity index (χ4n) is 0. The molecule has 4 radical (unpaired) electrons. The molecule has 0 fully saturated rings. The third-order valence-corrected chi connectivity index (χ3v) is 0. The predicted molar refractivity (Wildman–Crippen MR) is 12.2 cm³/mol. The van der Waals surface area contributed by atoms with Crippen molar-refractivity contribution >= 4 is 8.41 Å². The van der Waals surface area contributed by atoms with Gasteiger partial charge in [0, 0.05) is 47.2 Å². The molecule has 0 saturated heterocycles. The Morgan fingerprint density at radius 3 is 1.00 bits per heavy atom. The van der Waals surface area contributed by atoms with Crippen LogP contribution in [0.5, 0.6) is 0 Å². The second-order valence-corrected chi connectivity index (χ2v) is 0. The van der Waals surface area contributed by atoms with E-state index < -0.39 is 0 Å². The van der Waals surface area contributed by atoms with E-state index in [0.29, 0.717) is 0 Å². The molecule has 0 aliphatic carbocycles. The summed E-state index contributed by atoms with van der Waals surface area (Å²) in [5.41, 5.74) is 0. The molecule has 0 aliphatic heterocycles. The molecule has 3 heteroatoms. The summed E-state index contributed by atoms with van der Waals surface area (Å²) in [4.78, 5) is 0. The molecule has 22 valence electrons. The summed E-state index contributed by atoms with van der Waals surface area (Å²) < 4.78 is 0. The Labute approximate surface area is 54.7 Å². The van der Waals surface area contributed by atoms with E-state index in [2.05, 4.69) is 0 Å². The number of hydrogen-bond acceptors (Lipinski definition) is 0. The number of rotatable bonds is 0. The van der Waals surface area contributed by atoms with E-state index in [-0.39, 0.29) is 54.6 Å². The molecule has 0 amide bonds. The Kier molecular flexibility index (Phi) is 403. The van der Waals surface area contributed by atoms with Gasteiger partial charge in [-0.15, -0.1) is 0 Å². The minimum Gasteiger partial charge on any atom is -0.358 e. The van der Waals surface area contributed by atoms with Crippen LogP contribution in [0.3, 0.4) is 0 Å². The van der Waals surface area contributed by atoms with Crippen molar-refractivity contribution in [2.24, 2.45) is 0 Å². The normalized spacial score (nSPS) is 0. The molecule has 0 aliphatic rings. The molecule has 0 atom stereocenters. The summed E-state index contributed by atoms with van der Waals surface area (Å²) in [6, 6.07) is 0. The van der Waals surface area contributed by atoms with Crippen molar-refractivity contribution in [1.29, 1.82) is 0 Å². The van der Waals surface area contributed by atoms with E-state index >= 15 is 0 Å². The Balaban J connectivity index is 0. The summed E-state index contributed by atoms with van der Waals surface area (Å²) in [5.74, 6) is 0. The van der Waals surface area contributed by atoms with E-state index in [1.807, 2.05) is 0 Å². The summed E-state index contributed by atoms with van der Waals surface area (Å²) in [5, 5.41) is 0. The molecule has 0 N–H and O–H groups in total. The maximum Gasteiger partial charge on any atom is 0 e. The van der Waals surface area contributed by atoms with Crippen LogP contribution >= 0.6 is 0 Å². The zero-order valence-corrected chi connectivity index (χ0v) is 5.20. The Hall–Kier alpha value is 1.30. The minimum atomic E-state index is 0. The smallest absolute Gasteiger partial charge is 0 e. The Bertz CT molecular complexity index is 8.00. The average Bonchev–Trinajstić information content (AvgIpc) is 0. The first-order chi connectivity index (χ1) is 0. The molecular formula is CH3BMnTi-. The summed E-state index contributed by atoms with van der Waals surface area (Å²) >= 11 is 0. The van der Waals surface area contributed by atoms with Crippen molar-refractivity contribution in [1.82, 2.24) is 0 Å². The SMILES string of the molecule is [B].[CH3-].[Mn].[Ti]. The third-order valence-electron chi connectivity index (χ3n) is 0.